The maximum absolute atomic E-state index is 14.1. The molecule has 0 spiro atoms. The Kier molecular flexibility index (Phi) is 12.2. The third-order valence-electron chi connectivity index (χ3n) is 5.81. The number of aliphatic hydroxyl groups excluding tert-OH is 2. The fraction of sp³-hybridized carbons (Fsp3) is 0.577. The van der Waals surface area contributed by atoms with E-state index in [1.54, 1.807) is 18.2 Å². The highest BCUT2D eigenvalue weighted by Crippen LogP contribution is 2.46. The Bertz CT molecular complexity index is 1280. The van der Waals surface area contributed by atoms with Gasteiger partial charge >= 0.3 is 19.7 Å². The summed E-state index contributed by atoms with van der Waals surface area (Å²) >= 11 is 0. The molecule has 17 heteroatoms. The average molecular weight is 628 g/mol. The Labute approximate surface area is 248 Å². The molecule has 238 valence electrons. The normalized spacial score (nSPS) is 22.2. The van der Waals surface area contributed by atoms with Crippen LogP contribution in [0.15, 0.2) is 36.7 Å². The van der Waals surface area contributed by atoms with Gasteiger partial charge in [-0.1, -0.05) is 45.9 Å². The lowest BCUT2D eigenvalue weighted by atomic mass is 10.1. The molecule has 3 rings (SSSR count). The molecular weight excluding hydrogens is 589 g/mol. The summed E-state index contributed by atoms with van der Waals surface area (Å²) in [5.74, 6) is -2.77. The van der Waals surface area contributed by atoms with Gasteiger partial charge in [0.2, 0.25) is 5.82 Å². The zero-order valence-electron chi connectivity index (χ0n) is 24.3. The number of nitrogens with one attached hydrogen (secondary N) is 1. The van der Waals surface area contributed by atoms with Crippen LogP contribution in [0.1, 0.15) is 51.0 Å². The number of nitrogens with two attached hydrogens (primary N) is 1. The van der Waals surface area contributed by atoms with Crippen molar-refractivity contribution in [2.24, 2.45) is 17.6 Å². The fourth-order valence-electron chi connectivity index (χ4n) is 3.68. The van der Waals surface area contributed by atoms with Crippen molar-refractivity contribution in [1.82, 2.24) is 19.9 Å². The number of aromatic nitrogens is 3. The predicted molar refractivity (Wildman–Crippen MR) is 148 cm³/mol. The molecule has 6 atom stereocenters. The number of para-hydroxylation sites is 1. The van der Waals surface area contributed by atoms with Crippen LogP contribution in [0.25, 0.3) is 0 Å². The van der Waals surface area contributed by atoms with E-state index in [4.69, 9.17) is 29.0 Å². The van der Waals surface area contributed by atoms with Gasteiger partial charge in [0.25, 0.3) is 5.91 Å². The van der Waals surface area contributed by atoms with Gasteiger partial charge < -0.3 is 34.7 Å². The zero-order chi connectivity index (χ0) is 31.7. The molecule has 0 radical (unpaired) electrons. The number of benzene rings is 1. The lowest BCUT2D eigenvalue weighted by Gasteiger charge is -2.26. The van der Waals surface area contributed by atoms with E-state index in [0.717, 1.165) is 11.0 Å². The molecule has 0 aliphatic carbocycles. The Morgan fingerprint density at radius 3 is 2.33 bits per heavy atom. The van der Waals surface area contributed by atoms with Crippen LogP contribution in [0.5, 0.6) is 5.75 Å². The summed E-state index contributed by atoms with van der Waals surface area (Å²) in [6, 6.07) is 6.40. The van der Waals surface area contributed by atoms with Crippen molar-refractivity contribution in [1.29, 1.82) is 0 Å². The first-order chi connectivity index (χ1) is 20.3. The number of aliphatic hydroxyl groups is 2. The van der Waals surface area contributed by atoms with E-state index in [-0.39, 0.29) is 36.6 Å². The molecule has 16 nitrogen and oxygen atoms in total. The van der Waals surface area contributed by atoms with E-state index in [9.17, 15) is 29.2 Å². The Morgan fingerprint density at radius 2 is 1.72 bits per heavy atom. The highest BCUT2D eigenvalue weighted by atomic mass is 31.2. The van der Waals surface area contributed by atoms with E-state index < -0.39 is 69.2 Å². The minimum atomic E-state index is -4.52. The molecule has 1 fully saturated rings. The second kappa shape index (κ2) is 15.4. The summed E-state index contributed by atoms with van der Waals surface area (Å²) in [5.41, 5.74) is 5.16. The number of hydrogen-bond acceptors (Lipinski definition) is 13. The monoisotopic (exact) mass is 627 g/mol. The van der Waals surface area contributed by atoms with Gasteiger partial charge in [0, 0.05) is 0 Å². The molecule has 2 aromatic rings. The highest BCUT2D eigenvalue weighted by molar-refractivity contribution is 7.52. The van der Waals surface area contributed by atoms with Crippen LogP contribution >= 0.6 is 7.75 Å². The molecule has 0 bridgehead atoms. The summed E-state index contributed by atoms with van der Waals surface area (Å²) in [6.45, 7) is 6.85. The number of rotatable bonds is 16. The Balaban J connectivity index is 1.80. The quantitative estimate of drug-likeness (QED) is 0.150. The SMILES string of the molecule is CC(C)COC(=O)C[C@H](NP(=O)(OC[C@H]1O[C@@H](n2cnc(C(N)=O)n2)[C@H](O)[C@@H]1O)Oc1ccccc1)C(=O)OCC(C)C. The smallest absolute Gasteiger partial charge is 0.459 e. The highest BCUT2D eigenvalue weighted by Gasteiger charge is 2.46. The lowest BCUT2D eigenvalue weighted by Crippen LogP contribution is -2.41. The van der Waals surface area contributed by atoms with Crippen LogP contribution in [0, 0.1) is 11.8 Å². The molecule has 2 heterocycles. The topological polar surface area (TPSA) is 224 Å². The van der Waals surface area contributed by atoms with Crippen LogP contribution in [0.4, 0.5) is 0 Å². The van der Waals surface area contributed by atoms with Crippen LogP contribution in [0.2, 0.25) is 0 Å². The van der Waals surface area contributed by atoms with Gasteiger partial charge in [-0.05, 0) is 24.0 Å². The Hall–Kier alpha value is -3.40. The van der Waals surface area contributed by atoms with E-state index in [0.29, 0.717) is 0 Å². The number of hydrogen-bond donors (Lipinski definition) is 4. The predicted octanol–water partition coefficient (Wildman–Crippen LogP) is 0.947. The van der Waals surface area contributed by atoms with Gasteiger partial charge in [0.15, 0.2) is 6.23 Å². The summed E-state index contributed by atoms with van der Waals surface area (Å²) in [4.78, 5) is 40.6. The van der Waals surface area contributed by atoms with Gasteiger partial charge in [0.05, 0.1) is 26.2 Å². The van der Waals surface area contributed by atoms with Crippen molar-refractivity contribution < 1.29 is 52.4 Å². The summed E-state index contributed by atoms with van der Waals surface area (Å²) in [5, 5.41) is 27.5. The Morgan fingerprint density at radius 1 is 1.07 bits per heavy atom. The lowest BCUT2D eigenvalue weighted by molar-refractivity contribution is -0.153. The number of carbonyl (C=O) groups excluding carboxylic acids is 3. The number of primary amides is 1. The minimum Gasteiger partial charge on any atom is -0.465 e. The molecule has 1 aliphatic rings. The van der Waals surface area contributed by atoms with Gasteiger partial charge in [-0.2, -0.15) is 5.09 Å². The van der Waals surface area contributed by atoms with E-state index >= 15 is 0 Å². The first-order valence-corrected chi connectivity index (χ1v) is 15.1. The molecule has 1 aromatic heterocycles. The second-order valence-electron chi connectivity index (χ2n) is 10.6. The summed E-state index contributed by atoms with van der Waals surface area (Å²) in [6.07, 6.45) is -5.14. The van der Waals surface area contributed by atoms with E-state index in [2.05, 4.69) is 15.2 Å². The molecule has 43 heavy (non-hydrogen) atoms. The van der Waals surface area contributed by atoms with Crippen molar-refractivity contribution in [2.75, 3.05) is 19.8 Å². The summed E-state index contributed by atoms with van der Waals surface area (Å²) < 4.78 is 42.4. The van der Waals surface area contributed by atoms with Crippen LogP contribution in [-0.2, 0) is 32.9 Å². The van der Waals surface area contributed by atoms with E-state index in [1.165, 1.54) is 12.1 Å². The summed E-state index contributed by atoms with van der Waals surface area (Å²) in [7, 11) is -4.52. The number of esters is 2. The fourth-order valence-corrected chi connectivity index (χ4v) is 5.19. The molecule has 1 saturated heterocycles. The third kappa shape index (κ3) is 10.1. The van der Waals surface area contributed by atoms with Gasteiger partial charge in [0.1, 0.15) is 36.4 Å². The number of amides is 1. The molecule has 1 aliphatic heterocycles. The van der Waals surface area contributed by atoms with Crippen molar-refractivity contribution in [3.05, 3.63) is 42.5 Å². The number of nitrogens with zero attached hydrogens (tertiary/aromatic N) is 3. The van der Waals surface area contributed by atoms with Crippen LogP contribution in [-0.4, -0.2) is 87.0 Å². The van der Waals surface area contributed by atoms with Gasteiger partial charge in [-0.25, -0.2) is 14.2 Å². The second-order valence-corrected chi connectivity index (χ2v) is 12.3. The van der Waals surface area contributed by atoms with Crippen molar-refractivity contribution in [3.8, 4) is 5.75 Å². The average Bonchev–Trinajstić information content (AvgIpc) is 3.55. The molecule has 1 unspecified atom stereocenters. The van der Waals surface area contributed by atoms with Gasteiger partial charge in [-0.3, -0.25) is 18.9 Å². The minimum absolute atomic E-state index is 0.0227. The largest absolute Gasteiger partial charge is 0.465 e. The number of ether oxygens (including phenoxy) is 3. The zero-order valence-corrected chi connectivity index (χ0v) is 25.2. The van der Waals surface area contributed by atoms with Crippen LogP contribution in [0.3, 0.4) is 0 Å². The third-order valence-corrected chi connectivity index (χ3v) is 7.38. The molecule has 5 N–H and O–H groups in total. The maximum atomic E-state index is 14.1. The molecule has 1 amide bonds. The maximum Gasteiger partial charge on any atom is 0.459 e. The first-order valence-electron chi connectivity index (χ1n) is 13.6. The van der Waals surface area contributed by atoms with Crippen molar-refractivity contribution >= 4 is 25.6 Å². The van der Waals surface area contributed by atoms with Crippen molar-refractivity contribution in [2.45, 2.75) is 64.7 Å². The molecule has 0 saturated carbocycles. The first kappa shape index (κ1) is 34.1. The number of carbonyl (C=O) groups is 3. The van der Waals surface area contributed by atoms with E-state index in [1.807, 2.05) is 27.7 Å². The van der Waals surface area contributed by atoms with Crippen LogP contribution < -0.4 is 15.3 Å². The molecule has 1 aromatic carbocycles. The molecular formula is C26H38N5O11P. The van der Waals surface area contributed by atoms with Gasteiger partial charge in [-0.15, -0.1) is 5.10 Å². The standard InChI is InChI=1S/C26H38N5O11P/c1-15(2)11-38-20(32)10-18(26(36)39-12-16(3)4)30-43(37,42-17-8-6-5-7-9-17)40-13-19-21(33)22(34)25(41-19)31-14-28-24(29-31)23(27)35/h5-9,14-16,18-19,21-22,25,33-34H,10-13H2,1-4H3,(H2,27,35)(H,30,37)/t18-,19+,21+,22+,25+,43?/m0/s1. The van der Waals surface area contributed by atoms with Crippen molar-refractivity contribution in [3.63, 3.8) is 0 Å².